The monoisotopic (exact) mass is 264 g/mol. The number of hydrogen-bond donors (Lipinski definition) is 2. The fourth-order valence-electron chi connectivity index (χ4n) is 3.20. The lowest BCUT2D eigenvalue weighted by Gasteiger charge is -2.38. The zero-order valence-corrected chi connectivity index (χ0v) is 11.2. The highest BCUT2D eigenvalue weighted by molar-refractivity contribution is 6.04. The van der Waals surface area contributed by atoms with Gasteiger partial charge in [0, 0.05) is 18.5 Å². The van der Waals surface area contributed by atoms with Crippen LogP contribution in [-0.2, 0) is 14.3 Å². The number of piperazine rings is 1. The second-order valence-electron chi connectivity index (χ2n) is 5.61. The Kier molecular flexibility index (Phi) is 3.21. The Labute approximate surface area is 112 Å². The average Bonchev–Trinajstić information content (AvgIpc) is 2.79. The number of carbonyl (C=O) groups excluding carboxylic acids is 2. The van der Waals surface area contributed by atoms with Crippen molar-refractivity contribution in [1.82, 2.24) is 10.6 Å². The normalized spacial score (nSPS) is 38.3. The molecule has 19 heavy (non-hydrogen) atoms. The Bertz CT molecular complexity index is 444. The van der Waals surface area contributed by atoms with Crippen molar-refractivity contribution in [2.24, 2.45) is 0 Å². The van der Waals surface area contributed by atoms with Crippen LogP contribution in [0.15, 0.2) is 11.3 Å². The van der Waals surface area contributed by atoms with Crippen molar-refractivity contribution in [2.75, 3.05) is 0 Å². The number of nitrogens with one attached hydrogen (secondary N) is 2. The number of carbonyl (C=O) groups is 2. The summed E-state index contributed by atoms with van der Waals surface area (Å²) >= 11 is 0. The molecule has 3 aliphatic rings. The summed E-state index contributed by atoms with van der Waals surface area (Å²) in [6.07, 6.45) is 5.67. The topological polar surface area (TPSA) is 67.4 Å². The number of hydrogen-bond acceptors (Lipinski definition) is 4. The summed E-state index contributed by atoms with van der Waals surface area (Å²) in [5.41, 5.74) is 0.970. The van der Waals surface area contributed by atoms with Gasteiger partial charge in [-0.05, 0) is 19.3 Å². The number of fused-ring (bicyclic) bond motifs is 1. The van der Waals surface area contributed by atoms with Crippen molar-refractivity contribution in [3.05, 3.63) is 11.3 Å². The van der Waals surface area contributed by atoms with Gasteiger partial charge < -0.3 is 15.4 Å². The van der Waals surface area contributed by atoms with Crippen molar-refractivity contribution in [2.45, 2.75) is 63.6 Å². The van der Waals surface area contributed by atoms with E-state index in [1.54, 1.807) is 0 Å². The molecule has 0 spiro atoms. The minimum absolute atomic E-state index is 0.0753. The lowest BCUT2D eigenvalue weighted by molar-refractivity contribution is -0.139. The summed E-state index contributed by atoms with van der Waals surface area (Å²) in [4.78, 5) is 24.0. The van der Waals surface area contributed by atoms with Crippen molar-refractivity contribution in [1.29, 1.82) is 0 Å². The number of esters is 1. The van der Waals surface area contributed by atoms with Gasteiger partial charge >= 0.3 is 5.97 Å². The maximum Gasteiger partial charge on any atom is 0.336 e. The van der Waals surface area contributed by atoms with Gasteiger partial charge in [-0.15, -0.1) is 0 Å². The van der Waals surface area contributed by atoms with Gasteiger partial charge in [0.2, 0.25) is 0 Å². The first-order valence-electron chi connectivity index (χ1n) is 7.20. The van der Waals surface area contributed by atoms with E-state index >= 15 is 0 Å². The fraction of sp³-hybridized carbons (Fsp3) is 0.714. The van der Waals surface area contributed by atoms with Crippen LogP contribution in [0.5, 0.6) is 0 Å². The van der Waals surface area contributed by atoms with E-state index in [-0.39, 0.29) is 30.1 Å². The zero-order valence-electron chi connectivity index (χ0n) is 11.2. The van der Waals surface area contributed by atoms with E-state index < -0.39 is 0 Å². The first kappa shape index (κ1) is 12.5. The highest BCUT2D eigenvalue weighted by Crippen LogP contribution is 2.28. The van der Waals surface area contributed by atoms with Crippen LogP contribution < -0.4 is 10.6 Å². The molecule has 1 aliphatic carbocycles. The smallest absolute Gasteiger partial charge is 0.336 e. The standard InChI is InChI=1S/C14H20N2O3/c1-2-8-7-9(14(18)19-8)12-13(17)16-11-6-4-3-5-10(11)15-12/h8,10-11,15H,2-7H2,1H3,(H,16,17)/b12-9-. The molecule has 3 rings (SSSR count). The summed E-state index contributed by atoms with van der Waals surface area (Å²) in [6, 6.07) is 0.479. The van der Waals surface area contributed by atoms with Gasteiger partial charge in [0.15, 0.2) is 0 Å². The van der Waals surface area contributed by atoms with Crippen molar-refractivity contribution in [3.8, 4) is 0 Å². The van der Waals surface area contributed by atoms with Gasteiger partial charge in [-0.2, -0.15) is 0 Å². The van der Waals surface area contributed by atoms with Gasteiger partial charge in [0.25, 0.3) is 5.91 Å². The lowest BCUT2D eigenvalue weighted by atomic mass is 9.87. The molecule has 0 bridgehead atoms. The molecule has 2 N–H and O–H groups in total. The van der Waals surface area contributed by atoms with Crippen LogP contribution >= 0.6 is 0 Å². The van der Waals surface area contributed by atoms with E-state index in [1.165, 1.54) is 6.42 Å². The minimum Gasteiger partial charge on any atom is -0.459 e. The molecule has 2 heterocycles. The highest BCUT2D eigenvalue weighted by Gasteiger charge is 2.38. The molecular formula is C14H20N2O3. The second-order valence-corrected chi connectivity index (χ2v) is 5.61. The number of rotatable bonds is 1. The summed E-state index contributed by atoms with van der Waals surface area (Å²) < 4.78 is 5.24. The summed E-state index contributed by atoms with van der Waals surface area (Å²) in [7, 11) is 0. The molecule has 1 saturated carbocycles. The molecule has 1 amide bonds. The van der Waals surface area contributed by atoms with Crippen LogP contribution in [0.2, 0.25) is 0 Å². The summed E-state index contributed by atoms with van der Waals surface area (Å²) in [5.74, 6) is -0.481. The Balaban J connectivity index is 1.84. The van der Waals surface area contributed by atoms with Crippen LogP contribution in [0.25, 0.3) is 0 Å². The Morgan fingerprint density at radius 2 is 1.84 bits per heavy atom. The molecule has 0 aromatic rings. The summed E-state index contributed by atoms with van der Waals surface area (Å²) in [6.45, 7) is 1.98. The van der Waals surface area contributed by atoms with Crippen LogP contribution in [-0.4, -0.2) is 30.1 Å². The predicted octanol–water partition coefficient (Wildman–Crippen LogP) is 0.997. The summed E-state index contributed by atoms with van der Waals surface area (Å²) in [5, 5.41) is 6.32. The van der Waals surface area contributed by atoms with Crippen LogP contribution in [0.1, 0.15) is 45.4 Å². The van der Waals surface area contributed by atoms with Gasteiger partial charge in [-0.3, -0.25) is 4.79 Å². The quantitative estimate of drug-likeness (QED) is 0.547. The first-order valence-corrected chi connectivity index (χ1v) is 7.20. The third-order valence-corrected chi connectivity index (χ3v) is 4.35. The molecule has 0 aromatic carbocycles. The molecule has 3 atom stereocenters. The van der Waals surface area contributed by atoms with Gasteiger partial charge in [0.1, 0.15) is 11.8 Å². The molecule has 3 unspecified atom stereocenters. The highest BCUT2D eigenvalue weighted by atomic mass is 16.5. The maximum absolute atomic E-state index is 12.1. The van der Waals surface area contributed by atoms with Crippen molar-refractivity contribution < 1.29 is 14.3 Å². The molecule has 2 aliphatic heterocycles. The van der Waals surface area contributed by atoms with Crippen LogP contribution in [0.4, 0.5) is 0 Å². The molecule has 0 aromatic heterocycles. The van der Waals surface area contributed by atoms with E-state index in [0.29, 0.717) is 17.7 Å². The molecular weight excluding hydrogens is 244 g/mol. The first-order chi connectivity index (χ1) is 9.19. The molecule has 3 fully saturated rings. The van der Waals surface area contributed by atoms with Gasteiger partial charge in [0.05, 0.1) is 5.57 Å². The second kappa shape index (κ2) is 4.87. The molecule has 0 radical (unpaired) electrons. The average molecular weight is 264 g/mol. The largest absolute Gasteiger partial charge is 0.459 e. The lowest BCUT2D eigenvalue weighted by Crippen LogP contribution is -2.59. The van der Waals surface area contributed by atoms with Gasteiger partial charge in [-0.25, -0.2) is 4.79 Å². The fourth-order valence-corrected chi connectivity index (χ4v) is 3.20. The van der Waals surface area contributed by atoms with Crippen LogP contribution in [0.3, 0.4) is 0 Å². The van der Waals surface area contributed by atoms with Crippen molar-refractivity contribution in [3.63, 3.8) is 0 Å². The third-order valence-electron chi connectivity index (χ3n) is 4.35. The maximum atomic E-state index is 12.1. The minimum atomic E-state index is -0.334. The van der Waals surface area contributed by atoms with E-state index in [9.17, 15) is 9.59 Å². The molecule has 5 heteroatoms. The van der Waals surface area contributed by atoms with E-state index in [4.69, 9.17) is 4.74 Å². The molecule has 104 valence electrons. The zero-order chi connectivity index (χ0) is 13.4. The van der Waals surface area contributed by atoms with Crippen molar-refractivity contribution >= 4 is 11.9 Å². The SMILES string of the molecule is CCC1C/C(=C2/NC3CCCCC3NC2=O)C(=O)O1. The van der Waals surface area contributed by atoms with E-state index in [1.807, 2.05) is 6.92 Å². The number of ether oxygens (including phenoxy) is 1. The Morgan fingerprint density at radius 1 is 1.16 bits per heavy atom. The van der Waals surface area contributed by atoms with E-state index in [2.05, 4.69) is 10.6 Å². The number of cyclic esters (lactones) is 1. The van der Waals surface area contributed by atoms with Crippen LogP contribution in [0, 0.1) is 0 Å². The molecule has 5 nitrogen and oxygen atoms in total. The Morgan fingerprint density at radius 3 is 2.47 bits per heavy atom. The number of amides is 1. The Hall–Kier alpha value is -1.52. The third kappa shape index (κ3) is 2.22. The molecule has 2 saturated heterocycles. The van der Waals surface area contributed by atoms with E-state index in [0.717, 1.165) is 25.7 Å². The van der Waals surface area contributed by atoms with Gasteiger partial charge in [-0.1, -0.05) is 19.8 Å². The predicted molar refractivity (Wildman–Crippen MR) is 69.1 cm³/mol.